The lowest BCUT2D eigenvalue weighted by Gasteiger charge is -2.02. The number of fused-ring (bicyclic) bond motifs is 12. The Balaban J connectivity index is 1.44. The molecule has 3 nitrogen and oxygen atoms in total. The Morgan fingerprint density at radius 2 is 1.46 bits per heavy atom. The molecule has 0 bridgehead atoms. The highest BCUT2D eigenvalue weighted by atomic mass is 35.5. The fraction of sp³-hybridized carbons (Fsp3) is 0. The third kappa shape index (κ3) is 2.58. The molecule has 0 N–H and O–H groups in total. The van der Waals surface area contributed by atoms with E-state index < -0.39 is 0 Å². The van der Waals surface area contributed by atoms with E-state index in [4.69, 9.17) is 21.0 Å². The lowest BCUT2D eigenvalue weighted by atomic mass is 10.1. The van der Waals surface area contributed by atoms with Gasteiger partial charge in [-0.25, -0.2) is 4.98 Å². The Morgan fingerprint density at radius 3 is 2.41 bits per heavy atom. The minimum atomic E-state index is 0.801. The summed E-state index contributed by atoms with van der Waals surface area (Å²) in [5.74, 6) is 0. The van der Waals surface area contributed by atoms with Crippen molar-refractivity contribution in [2.24, 2.45) is 0 Å². The summed E-state index contributed by atoms with van der Waals surface area (Å²) in [4.78, 5) is 5.17. The fourth-order valence-electron chi connectivity index (χ4n) is 5.80. The summed E-state index contributed by atoms with van der Waals surface area (Å²) in [5.41, 5.74) is 5.10. The molecular weight excluding hydrogens is 516 g/mol. The van der Waals surface area contributed by atoms with Crippen molar-refractivity contribution in [3.8, 4) is 5.13 Å². The van der Waals surface area contributed by atoms with E-state index in [9.17, 15) is 0 Å². The van der Waals surface area contributed by atoms with Crippen LogP contribution in [0.25, 0.3) is 79.3 Å². The lowest BCUT2D eigenvalue weighted by Crippen LogP contribution is -1.92. The molecule has 0 atom stereocenters. The van der Waals surface area contributed by atoms with Gasteiger partial charge in [0.2, 0.25) is 0 Å². The number of aromatic nitrogens is 2. The quantitative estimate of drug-likeness (QED) is 0.211. The van der Waals surface area contributed by atoms with Crippen molar-refractivity contribution < 1.29 is 4.42 Å². The van der Waals surface area contributed by atoms with E-state index in [0.29, 0.717) is 0 Å². The summed E-state index contributed by atoms with van der Waals surface area (Å²) in [5, 5.41) is 8.90. The molecule has 5 aromatic carbocycles. The zero-order chi connectivity index (χ0) is 24.2. The number of thiophene rings is 1. The monoisotopic (exact) mass is 530 g/mol. The molecule has 9 aromatic rings. The van der Waals surface area contributed by atoms with E-state index in [1.807, 2.05) is 24.3 Å². The molecule has 4 aromatic heterocycles. The summed E-state index contributed by atoms with van der Waals surface area (Å²) < 4.78 is 12.1. The molecule has 0 aliphatic heterocycles. The molecule has 4 heterocycles. The van der Waals surface area contributed by atoms with Crippen LogP contribution in [-0.2, 0) is 0 Å². The van der Waals surface area contributed by atoms with Crippen LogP contribution in [0.3, 0.4) is 0 Å². The average molecular weight is 531 g/mol. The van der Waals surface area contributed by atoms with E-state index in [-0.39, 0.29) is 0 Å². The van der Waals surface area contributed by atoms with Gasteiger partial charge in [0.25, 0.3) is 0 Å². The molecule has 0 fully saturated rings. The number of benzene rings is 5. The van der Waals surface area contributed by atoms with Crippen LogP contribution < -0.4 is 0 Å². The summed E-state index contributed by atoms with van der Waals surface area (Å²) in [7, 11) is 0. The van der Waals surface area contributed by atoms with Gasteiger partial charge in [0, 0.05) is 37.0 Å². The van der Waals surface area contributed by atoms with Crippen LogP contribution in [0.1, 0.15) is 0 Å². The summed E-state index contributed by atoms with van der Waals surface area (Å²) >= 11 is 10.1. The van der Waals surface area contributed by atoms with Crippen molar-refractivity contribution >= 4 is 108 Å². The minimum Gasteiger partial charge on any atom is -0.456 e. The number of hydrogen-bond acceptors (Lipinski definition) is 4. The lowest BCUT2D eigenvalue weighted by molar-refractivity contribution is 0.669. The second kappa shape index (κ2) is 7.11. The molecule has 6 heteroatoms. The predicted molar refractivity (Wildman–Crippen MR) is 159 cm³/mol. The predicted octanol–water partition coefficient (Wildman–Crippen LogP) is 10.3. The molecule has 0 amide bonds. The Kier molecular flexibility index (Phi) is 3.88. The van der Waals surface area contributed by atoms with Gasteiger partial charge in [-0.05, 0) is 42.5 Å². The van der Waals surface area contributed by atoms with Crippen LogP contribution in [0.2, 0.25) is 5.02 Å². The number of rotatable bonds is 1. The molecule has 0 saturated heterocycles. The maximum atomic E-state index is 6.56. The van der Waals surface area contributed by atoms with Crippen LogP contribution in [0, 0.1) is 0 Å². The molecule has 0 unspecified atom stereocenters. The highest BCUT2D eigenvalue weighted by Crippen LogP contribution is 2.45. The number of thiazole rings is 1. The first kappa shape index (κ1) is 20.2. The first-order valence-electron chi connectivity index (χ1n) is 12.0. The molecule has 37 heavy (non-hydrogen) atoms. The van der Waals surface area contributed by atoms with E-state index in [1.165, 1.54) is 30.9 Å². The minimum absolute atomic E-state index is 0.801. The van der Waals surface area contributed by atoms with Crippen LogP contribution in [0.5, 0.6) is 0 Å². The Labute approximate surface area is 222 Å². The van der Waals surface area contributed by atoms with Crippen molar-refractivity contribution in [1.29, 1.82) is 0 Å². The second-order valence-corrected chi connectivity index (χ2v) is 11.7. The van der Waals surface area contributed by atoms with E-state index in [2.05, 4.69) is 71.3 Å². The van der Waals surface area contributed by atoms with Gasteiger partial charge < -0.3 is 4.42 Å². The summed E-state index contributed by atoms with van der Waals surface area (Å²) in [6.07, 6.45) is 0. The second-order valence-electron chi connectivity index (χ2n) is 9.29. The molecular formula is C31H15ClN2OS2. The van der Waals surface area contributed by atoms with Crippen molar-refractivity contribution in [2.75, 3.05) is 0 Å². The topological polar surface area (TPSA) is 31.0 Å². The molecule has 174 valence electrons. The number of nitrogens with zero attached hydrogens (tertiary/aromatic N) is 2. The van der Waals surface area contributed by atoms with E-state index in [0.717, 1.165) is 53.3 Å². The smallest absolute Gasteiger partial charge is 0.195 e. The maximum absolute atomic E-state index is 6.56. The summed E-state index contributed by atoms with van der Waals surface area (Å²) in [6.45, 7) is 0. The highest BCUT2D eigenvalue weighted by Gasteiger charge is 2.21. The summed E-state index contributed by atoms with van der Waals surface area (Å²) in [6, 6.07) is 31.6. The number of hydrogen-bond donors (Lipinski definition) is 0. The van der Waals surface area contributed by atoms with Gasteiger partial charge in [-0.15, -0.1) is 11.3 Å². The van der Waals surface area contributed by atoms with Gasteiger partial charge in [-0.1, -0.05) is 71.5 Å². The van der Waals surface area contributed by atoms with Crippen molar-refractivity contribution in [2.45, 2.75) is 0 Å². The molecule has 0 aliphatic rings. The first-order chi connectivity index (χ1) is 18.3. The maximum Gasteiger partial charge on any atom is 0.195 e. The van der Waals surface area contributed by atoms with Crippen molar-refractivity contribution in [1.82, 2.24) is 9.55 Å². The van der Waals surface area contributed by atoms with Gasteiger partial charge in [0.15, 0.2) is 5.13 Å². The van der Waals surface area contributed by atoms with Gasteiger partial charge in [0.1, 0.15) is 11.2 Å². The number of halogens is 1. The molecule has 0 spiro atoms. The highest BCUT2D eigenvalue weighted by molar-refractivity contribution is 7.28. The van der Waals surface area contributed by atoms with Gasteiger partial charge in [-0.3, -0.25) is 4.57 Å². The Morgan fingerprint density at radius 1 is 0.622 bits per heavy atom. The first-order valence-corrected chi connectivity index (χ1v) is 14.0. The van der Waals surface area contributed by atoms with Gasteiger partial charge in [-0.2, -0.15) is 0 Å². The fourth-order valence-corrected chi connectivity index (χ4v) is 8.42. The van der Waals surface area contributed by atoms with Crippen LogP contribution in [0.15, 0.2) is 95.4 Å². The van der Waals surface area contributed by atoms with Gasteiger partial charge >= 0.3 is 0 Å². The zero-order valence-corrected chi connectivity index (χ0v) is 21.5. The van der Waals surface area contributed by atoms with Crippen LogP contribution in [-0.4, -0.2) is 9.55 Å². The van der Waals surface area contributed by atoms with Crippen molar-refractivity contribution in [3.05, 3.63) is 96.0 Å². The normalized spacial score (nSPS) is 12.5. The van der Waals surface area contributed by atoms with Crippen LogP contribution in [0.4, 0.5) is 0 Å². The van der Waals surface area contributed by atoms with Gasteiger partial charge in [0.05, 0.1) is 31.0 Å². The SMILES string of the molecule is Clc1cccc2c1sc1ccc3nc(-n4c5ccccc5c5c6c(ccc54)oc4ccccc46)sc3c12. The largest absolute Gasteiger partial charge is 0.456 e. The third-order valence-corrected chi connectivity index (χ3v) is 10.0. The van der Waals surface area contributed by atoms with Crippen molar-refractivity contribution in [3.63, 3.8) is 0 Å². The number of para-hydroxylation sites is 2. The Bertz CT molecular complexity index is 2390. The average Bonchev–Trinajstić information content (AvgIpc) is 3.67. The zero-order valence-electron chi connectivity index (χ0n) is 19.2. The molecule has 0 aliphatic carbocycles. The Hall–Kier alpha value is -3.90. The standard InChI is InChI=1S/C31H15ClN2OS2/c32-19-9-5-8-18-28-25(36-29(18)19)15-12-20-30(28)37-31(33-20)34-21-10-3-1-6-16(21)26-22(34)13-14-24-27(26)17-7-2-4-11-23(17)35-24/h1-15H. The van der Waals surface area contributed by atoms with E-state index in [1.54, 1.807) is 22.7 Å². The third-order valence-electron chi connectivity index (χ3n) is 7.32. The number of furan rings is 1. The molecule has 0 saturated carbocycles. The molecule has 9 rings (SSSR count). The van der Waals surface area contributed by atoms with E-state index >= 15 is 0 Å². The van der Waals surface area contributed by atoms with Crippen LogP contribution >= 0.6 is 34.3 Å². The molecule has 0 radical (unpaired) electrons.